The highest BCUT2D eigenvalue weighted by molar-refractivity contribution is 6.18. The Morgan fingerprint density at radius 3 is 2.73 bits per heavy atom. The largest absolute Gasteiger partial charge is 0.508 e. The lowest BCUT2D eigenvalue weighted by atomic mass is 9.86. The Morgan fingerprint density at radius 1 is 1.12 bits per heavy atom. The van der Waals surface area contributed by atoms with E-state index in [9.17, 15) is 9.50 Å². The second kappa shape index (κ2) is 12.0. The molecule has 1 N–H and O–H groups in total. The fraction of sp³-hybridized carbons (Fsp3) is 0.436. The average Bonchev–Trinajstić information content (AvgIpc) is 3.77. The first-order chi connectivity index (χ1) is 24.7. The Labute approximate surface area is 292 Å². The van der Waals surface area contributed by atoms with Gasteiger partial charge in [0.25, 0.3) is 0 Å². The fourth-order valence-corrected chi connectivity index (χ4v) is 9.29. The van der Waals surface area contributed by atoms with E-state index in [1.807, 2.05) is 6.07 Å². The molecule has 9 rings (SSSR count). The third-order valence-corrected chi connectivity index (χ3v) is 11.5. The number of likely N-dealkylation sites (tertiary alicyclic amines) is 1. The number of hydrogen-bond acceptors (Lipinski definition) is 9. The number of halogens is 3. The number of benzene rings is 3. The second-order valence-corrected chi connectivity index (χ2v) is 14.6. The topological polar surface area (TPSA) is 87.3 Å². The van der Waals surface area contributed by atoms with Crippen LogP contribution in [0.4, 0.5) is 19.0 Å². The maximum Gasteiger partial charge on any atom is 0.319 e. The van der Waals surface area contributed by atoms with Crippen LogP contribution in [-0.4, -0.2) is 102 Å². The number of phenolic OH excluding ortho intramolecular Hbond substituents is 1. The molecule has 12 heteroatoms. The molecule has 2 bridgehead atoms. The van der Waals surface area contributed by atoms with Crippen molar-refractivity contribution in [1.82, 2.24) is 19.8 Å². The molecule has 0 aliphatic carbocycles. The highest BCUT2D eigenvalue weighted by Gasteiger charge is 2.50. The predicted molar refractivity (Wildman–Crippen MR) is 188 cm³/mol. The van der Waals surface area contributed by atoms with E-state index >= 15 is 8.78 Å². The minimum atomic E-state index is -0.934. The second-order valence-electron chi connectivity index (χ2n) is 14.6. The molecule has 4 atom stereocenters. The third kappa shape index (κ3) is 5.04. The van der Waals surface area contributed by atoms with E-state index in [4.69, 9.17) is 30.3 Å². The number of furan rings is 1. The molecule has 5 aromatic rings. The van der Waals surface area contributed by atoms with Crippen LogP contribution in [0.2, 0.25) is 0 Å². The van der Waals surface area contributed by atoms with E-state index in [1.54, 1.807) is 14.0 Å². The number of piperidine rings is 1. The van der Waals surface area contributed by atoms with E-state index in [0.29, 0.717) is 47.3 Å². The number of hydrogen-bond donors (Lipinski definition) is 1. The number of piperazine rings is 1. The molecular weight excluding hydrogens is 659 g/mol. The number of ether oxygens (including phenoxy) is 2. The summed E-state index contributed by atoms with van der Waals surface area (Å²) in [5.74, 6) is 1.97. The molecule has 4 aliphatic heterocycles. The number of alkyl halides is 1. The van der Waals surface area contributed by atoms with Crippen LogP contribution in [0.25, 0.3) is 43.8 Å². The number of rotatable bonds is 8. The van der Waals surface area contributed by atoms with Gasteiger partial charge < -0.3 is 23.9 Å². The zero-order valence-corrected chi connectivity index (χ0v) is 28.5. The van der Waals surface area contributed by atoms with Gasteiger partial charge in [0.2, 0.25) is 0 Å². The highest BCUT2D eigenvalue weighted by atomic mass is 19.1. The lowest BCUT2D eigenvalue weighted by molar-refractivity contribution is 0.0807. The van der Waals surface area contributed by atoms with E-state index in [1.165, 1.54) is 24.3 Å². The Balaban J connectivity index is 1.26. The van der Waals surface area contributed by atoms with Crippen LogP contribution in [0.15, 0.2) is 34.7 Å². The van der Waals surface area contributed by atoms with Gasteiger partial charge in [0.05, 0.1) is 28.7 Å². The van der Waals surface area contributed by atoms with Crippen molar-refractivity contribution in [2.75, 3.05) is 57.9 Å². The van der Waals surface area contributed by atoms with E-state index < -0.39 is 23.3 Å². The quantitative estimate of drug-likeness (QED) is 0.187. The van der Waals surface area contributed by atoms with Crippen molar-refractivity contribution < 1.29 is 32.2 Å². The Morgan fingerprint density at radius 2 is 1.94 bits per heavy atom. The van der Waals surface area contributed by atoms with Crippen molar-refractivity contribution in [3.05, 3.63) is 53.3 Å². The zero-order chi connectivity index (χ0) is 35.2. The van der Waals surface area contributed by atoms with Gasteiger partial charge in [-0.1, -0.05) is 12.0 Å². The van der Waals surface area contributed by atoms with Crippen molar-refractivity contribution in [1.29, 1.82) is 0 Å². The van der Waals surface area contributed by atoms with E-state index in [-0.39, 0.29) is 63.6 Å². The first-order valence-electron chi connectivity index (χ1n) is 17.5. The molecule has 4 aliphatic rings. The van der Waals surface area contributed by atoms with Crippen molar-refractivity contribution in [3.8, 4) is 35.2 Å². The predicted octanol–water partition coefficient (Wildman–Crippen LogP) is 6.33. The van der Waals surface area contributed by atoms with Gasteiger partial charge >= 0.3 is 6.01 Å². The average molecular weight is 698 g/mol. The molecule has 2 unspecified atom stereocenters. The molecule has 0 saturated carbocycles. The number of anilines is 1. The van der Waals surface area contributed by atoms with E-state index in [2.05, 4.69) is 20.6 Å². The summed E-state index contributed by atoms with van der Waals surface area (Å²) >= 11 is 0. The molecule has 2 aromatic heterocycles. The van der Waals surface area contributed by atoms with Gasteiger partial charge in [0, 0.05) is 68.1 Å². The van der Waals surface area contributed by atoms with Gasteiger partial charge in [-0.3, -0.25) is 9.80 Å². The summed E-state index contributed by atoms with van der Waals surface area (Å²) in [5.41, 5.74) is -0.128. The van der Waals surface area contributed by atoms with Gasteiger partial charge in [-0.15, -0.1) is 6.42 Å². The molecule has 51 heavy (non-hydrogen) atoms. The normalized spacial score (nSPS) is 24.8. The van der Waals surface area contributed by atoms with Crippen LogP contribution in [-0.2, 0) is 4.74 Å². The lowest BCUT2D eigenvalue weighted by Crippen LogP contribution is -2.69. The molecule has 3 aromatic carbocycles. The number of methoxy groups -OCH3 is 1. The van der Waals surface area contributed by atoms with Crippen LogP contribution < -0.4 is 9.64 Å². The maximum absolute atomic E-state index is 17.6. The number of aromatic nitrogens is 2. The smallest absolute Gasteiger partial charge is 0.319 e. The molecule has 4 fully saturated rings. The number of nitrogens with zero attached hydrogens (tertiary/aromatic N) is 5. The minimum Gasteiger partial charge on any atom is -0.508 e. The summed E-state index contributed by atoms with van der Waals surface area (Å²) in [6.45, 7) is 6.16. The minimum absolute atomic E-state index is 0.00258. The maximum atomic E-state index is 17.6. The Bertz CT molecular complexity index is 2260. The van der Waals surface area contributed by atoms with E-state index in [0.717, 1.165) is 45.4 Å². The monoisotopic (exact) mass is 697 g/mol. The molecule has 264 valence electrons. The summed E-state index contributed by atoms with van der Waals surface area (Å²) in [7, 11) is 1.69. The zero-order valence-electron chi connectivity index (χ0n) is 28.5. The number of terminal acetylenes is 1. The Hall–Kier alpha value is -4.57. The van der Waals surface area contributed by atoms with Gasteiger partial charge in [0.1, 0.15) is 47.0 Å². The van der Waals surface area contributed by atoms with Crippen LogP contribution in [0.1, 0.15) is 37.0 Å². The first kappa shape index (κ1) is 32.3. The van der Waals surface area contributed by atoms with Crippen LogP contribution in [0.3, 0.4) is 0 Å². The summed E-state index contributed by atoms with van der Waals surface area (Å²) in [6.07, 6.45) is 7.95. The van der Waals surface area contributed by atoms with Crippen molar-refractivity contribution in [2.24, 2.45) is 0 Å². The molecular formula is C39H38F3N5O4. The molecule has 0 amide bonds. The molecule has 0 spiro atoms. The van der Waals surface area contributed by atoms with Crippen LogP contribution in [0, 0.1) is 30.9 Å². The lowest BCUT2D eigenvalue weighted by Gasteiger charge is -2.57. The van der Waals surface area contributed by atoms with Crippen LogP contribution in [0.5, 0.6) is 11.8 Å². The molecule has 9 nitrogen and oxygen atoms in total. The van der Waals surface area contributed by atoms with Gasteiger partial charge in [-0.25, -0.2) is 13.2 Å². The van der Waals surface area contributed by atoms with Gasteiger partial charge in [-0.2, -0.15) is 9.97 Å². The molecule has 0 radical (unpaired) electrons. The third-order valence-electron chi connectivity index (χ3n) is 11.5. The van der Waals surface area contributed by atoms with Gasteiger partial charge in [-0.05, 0) is 62.4 Å². The summed E-state index contributed by atoms with van der Waals surface area (Å²) < 4.78 is 65.4. The fourth-order valence-electron chi connectivity index (χ4n) is 9.29. The molecule has 4 saturated heterocycles. The number of aromatic hydroxyl groups is 1. The standard InChI is InChI=1S/C39H38F3N5O4/c1-4-27-30(41)7-6-22-13-26(48)15-28(31(22)27)32-34(42)35-33(29-12-21(2)51-36(29)32)37(47-24-14-25(47)19-45(18-24)10-11-49-3)44-38(43-35)50-20-39-8-5-9-46(39)17-23(40)16-39/h1,6-7,12-13,15,23-25,48H,5,8-11,14,16-20H2,2-3H3/t23-,24?,25?,39+/m1/s1. The van der Waals surface area contributed by atoms with Gasteiger partial charge in [0.15, 0.2) is 5.82 Å². The highest BCUT2D eigenvalue weighted by Crippen LogP contribution is 2.48. The first-order valence-corrected chi connectivity index (χ1v) is 17.5. The van der Waals surface area contributed by atoms with Crippen molar-refractivity contribution in [2.45, 2.75) is 56.4 Å². The van der Waals surface area contributed by atoms with Crippen LogP contribution >= 0.6 is 0 Å². The number of phenols is 1. The summed E-state index contributed by atoms with van der Waals surface area (Å²) in [4.78, 5) is 16.5. The SMILES string of the molecule is C#Cc1c(F)ccc2cc(O)cc(-c3c(F)c4nc(OC[C@@]56CCCN5C[C@H](F)C6)nc(N5C6CC5CN(CCOC)C6)c4c4cc(C)oc34)c12. The summed E-state index contributed by atoms with van der Waals surface area (Å²) in [6, 6.07) is 7.65. The Kier molecular flexibility index (Phi) is 7.61. The summed E-state index contributed by atoms with van der Waals surface area (Å²) in [5, 5.41) is 12.6. The molecule has 6 heterocycles. The van der Waals surface area contributed by atoms with Crippen molar-refractivity contribution >= 4 is 38.5 Å². The number of fused-ring (bicyclic) bond motifs is 7. The number of aryl methyl sites for hydroxylation is 1. The van der Waals surface area contributed by atoms with Crippen molar-refractivity contribution in [3.63, 3.8) is 0 Å².